The van der Waals surface area contributed by atoms with Gasteiger partial charge in [0.2, 0.25) is 0 Å². The van der Waals surface area contributed by atoms with Gasteiger partial charge >= 0.3 is 12.1 Å². The highest BCUT2D eigenvalue weighted by Gasteiger charge is 2.31. The summed E-state index contributed by atoms with van der Waals surface area (Å²) in [5.74, 6) is -0.925. The van der Waals surface area contributed by atoms with Crippen molar-refractivity contribution in [2.75, 3.05) is 25.6 Å². The average molecular weight is 420 g/mol. The maximum atomic E-state index is 12.7. The van der Waals surface area contributed by atoms with Crippen LogP contribution in [0.3, 0.4) is 0 Å². The van der Waals surface area contributed by atoms with E-state index in [0.717, 1.165) is 10.4 Å². The predicted molar refractivity (Wildman–Crippen MR) is 107 cm³/mol. The van der Waals surface area contributed by atoms with Crippen LogP contribution in [0.1, 0.15) is 58.1 Å². The number of ether oxygens (including phenoxy) is 2. The molecule has 0 bridgehead atoms. The molecule has 0 atom stereocenters. The second-order valence-electron chi connectivity index (χ2n) is 6.80. The Balaban J connectivity index is 1.87. The number of carbonyl (C=O) groups excluding carboxylic acids is 3. The number of rotatable bonds is 5. The molecule has 2 amide bonds. The first-order chi connectivity index (χ1) is 13.8. The van der Waals surface area contributed by atoms with Crippen LogP contribution in [0.25, 0.3) is 0 Å². The molecule has 0 radical (unpaired) electrons. The molecule has 0 aliphatic carbocycles. The van der Waals surface area contributed by atoms with Crippen LogP contribution in [-0.4, -0.2) is 52.9 Å². The first-order valence-electron chi connectivity index (χ1n) is 9.36. The number of nitrogens with one attached hydrogen (secondary N) is 1. The Morgan fingerprint density at radius 2 is 2.10 bits per heavy atom. The normalized spacial score (nSPS) is 13.2. The van der Waals surface area contributed by atoms with E-state index in [4.69, 9.17) is 9.47 Å². The highest BCUT2D eigenvalue weighted by Crippen LogP contribution is 2.38. The summed E-state index contributed by atoms with van der Waals surface area (Å²) in [7, 11) is 1.30. The fraction of sp³-hybridized carbons (Fsp3) is 0.474. The summed E-state index contributed by atoms with van der Waals surface area (Å²) < 4.78 is 11.7. The van der Waals surface area contributed by atoms with Gasteiger partial charge in [0, 0.05) is 23.7 Å². The van der Waals surface area contributed by atoms with Crippen molar-refractivity contribution in [3.8, 4) is 0 Å². The number of hydrogen-bond donors (Lipinski definition) is 1. The highest BCUT2D eigenvalue weighted by atomic mass is 32.1. The van der Waals surface area contributed by atoms with Gasteiger partial charge in [0.25, 0.3) is 5.91 Å². The van der Waals surface area contributed by atoms with Crippen molar-refractivity contribution in [3.63, 3.8) is 0 Å². The lowest BCUT2D eigenvalue weighted by molar-refractivity contribution is 0.0600. The molecular formula is C19H24N4O5S. The molecule has 9 nitrogen and oxygen atoms in total. The largest absolute Gasteiger partial charge is 0.465 e. The summed E-state index contributed by atoms with van der Waals surface area (Å²) in [6, 6.07) is 1.76. The van der Waals surface area contributed by atoms with Gasteiger partial charge in [0.1, 0.15) is 5.00 Å². The fourth-order valence-electron chi connectivity index (χ4n) is 3.09. The summed E-state index contributed by atoms with van der Waals surface area (Å²) >= 11 is 1.26. The molecule has 0 spiro atoms. The second-order valence-corrected chi connectivity index (χ2v) is 7.90. The molecule has 2 aromatic heterocycles. The van der Waals surface area contributed by atoms with E-state index >= 15 is 0 Å². The Labute approximate surface area is 172 Å². The molecule has 3 heterocycles. The van der Waals surface area contributed by atoms with E-state index in [2.05, 4.69) is 10.4 Å². The van der Waals surface area contributed by atoms with E-state index < -0.39 is 18.0 Å². The number of carbonyl (C=O) groups is 3. The van der Waals surface area contributed by atoms with E-state index in [1.807, 2.05) is 13.8 Å². The second kappa shape index (κ2) is 8.64. The fourth-order valence-corrected chi connectivity index (χ4v) is 4.34. The standard InChI is InChI=1S/C19H24N4O5S/c1-5-28-19(26)22-8-6-12-14(10-22)29-17(15(12)18(25)27-4)20-16(24)13-7-9-23(21-13)11(2)3/h7,9,11H,5-6,8,10H2,1-4H3,(H,20,24). The van der Waals surface area contributed by atoms with Crippen molar-refractivity contribution in [2.24, 2.45) is 0 Å². The lowest BCUT2D eigenvalue weighted by atomic mass is 10.0. The van der Waals surface area contributed by atoms with Gasteiger partial charge in [0.15, 0.2) is 5.69 Å². The van der Waals surface area contributed by atoms with E-state index in [9.17, 15) is 14.4 Å². The van der Waals surface area contributed by atoms with Crippen molar-refractivity contribution in [3.05, 3.63) is 34.0 Å². The lowest BCUT2D eigenvalue weighted by Crippen LogP contribution is -2.36. The minimum Gasteiger partial charge on any atom is -0.465 e. The monoisotopic (exact) mass is 420 g/mol. The average Bonchev–Trinajstić information content (AvgIpc) is 3.32. The minimum absolute atomic E-state index is 0.130. The summed E-state index contributed by atoms with van der Waals surface area (Å²) in [6.45, 7) is 6.73. The van der Waals surface area contributed by atoms with Crippen molar-refractivity contribution < 1.29 is 23.9 Å². The molecule has 3 rings (SSSR count). The third-order valence-corrected chi connectivity index (χ3v) is 5.70. The van der Waals surface area contributed by atoms with E-state index in [1.165, 1.54) is 18.4 Å². The van der Waals surface area contributed by atoms with Crippen molar-refractivity contribution >= 4 is 34.3 Å². The van der Waals surface area contributed by atoms with Gasteiger partial charge in [-0.2, -0.15) is 5.10 Å². The SMILES string of the molecule is CCOC(=O)N1CCc2c(sc(NC(=O)c3ccn(C(C)C)n3)c2C(=O)OC)C1. The molecule has 156 valence electrons. The van der Waals surface area contributed by atoms with Crippen LogP contribution in [0.2, 0.25) is 0 Å². The molecule has 10 heteroatoms. The molecule has 0 fully saturated rings. The van der Waals surface area contributed by atoms with E-state index in [-0.39, 0.29) is 11.7 Å². The Hall–Kier alpha value is -2.88. The van der Waals surface area contributed by atoms with Crippen LogP contribution < -0.4 is 5.32 Å². The molecule has 0 unspecified atom stereocenters. The van der Waals surface area contributed by atoms with E-state index in [1.54, 1.807) is 28.8 Å². The van der Waals surface area contributed by atoms with Crippen molar-refractivity contribution in [2.45, 2.75) is 39.8 Å². The lowest BCUT2D eigenvalue weighted by Gasteiger charge is -2.26. The molecule has 0 aromatic carbocycles. The Kier molecular flexibility index (Phi) is 6.21. The first-order valence-corrected chi connectivity index (χ1v) is 10.2. The summed E-state index contributed by atoms with van der Waals surface area (Å²) in [5.41, 5.74) is 1.40. The van der Waals surface area contributed by atoms with Gasteiger partial charge in [-0.1, -0.05) is 0 Å². The highest BCUT2D eigenvalue weighted by molar-refractivity contribution is 7.17. The number of hydrogen-bond acceptors (Lipinski definition) is 7. The summed E-state index contributed by atoms with van der Waals surface area (Å²) in [4.78, 5) is 39.5. The predicted octanol–water partition coefficient (Wildman–Crippen LogP) is 3.08. The van der Waals surface area contributed by atoms with Gasteiger partial charge in [-0.25, -0.2) is 9.59 Å². The summed E-state index contributed by atoms with van der Waals surface area (Å²) in [6.07, 6.45) is 1.82. The quantitative estimate of drug-likeness (QED) is 0.746. The van der Waals surface area contributed by atoms with E-state index in [0.29, 0.717) is 36.7 Å². The number of methoxy groups -OCH3 is 1. The van der Waals surface area contributed by atoms with Crippen LogP contribution in [0.15, 0.2) is 12.3 Å². The van der Waals surface area contributed by atoms with Crippen LogP contribution >= 0.6 is 11.3 Å². The number of nitrogens with zero attached hydrogens (tertiary/aromatic N) is 3. The zero-order valence-corrected chi connectivity index (χ0v) is 17.7. The smallest absolute Gasteiger partial charge is 0.410 e. The molecule has 0 saturated heterocycles. The molecule has 29 heavy (non-hydrogen) atoms. The van der Waals surface area contributed by atoms with Gasteiger partial charge < -0.3 is 19.7 Å². The molecule has 1 aliphatic rings. The number of fused-ring (bicyclic) bond motifs is 1. The number of amides is 2. The van der Waals surface area contributed by atoms with Gasteiger partial charge in [0.05, 0.1) is 25.8 Å². The van der Waals surface area contributed by atoms with Crippen molar-refractivity contribution in [1.29, 1.82) is 0 Å². The third kappa shape index (κ3) is 4.26. The third-order valence-electron chi connectivity index (χ3n) is 4.57. The topological polar surface area (TPSA) is 103 Å². The molecular weight excluding hydrogens is 396 g/mol. The molecule has 2 aromatic rings. The van der Waals surface area contributed by atoms with Gasteiger partial charge in [-0.3, -0.25) is 9.48 Å². The van der Waals surface area contributed by atoms with Crippen LogP contribution in [0.4, 0.5) is 9.80 Å². The molecule has 1 N–H and O–H groups in total. The van der Waals surface area contributed by atoms with Gasteiger partial charge in [-0.15, -0.1) is 11.3 Å². The number of esters is 1. The molecule has 0 saturated carbocycles. The van der Waals surface area contributed by atoms with Gasteiger partial charge in [-0.05, 0) is 38.8 Å². The Morgan fingerprint density at radius 1 is 1.34 bits per heavy atom. The number of anilines is 1. The first kappa shape index (κ1) is 20.8. The summed E-state index contributed by atoms with van der Waals surface area (Å²) in [5, 5.41) is 7.45. The number of thiophene rings is 1. The minimum atomic E-state index is -0.518. The maximum Gasteiger partial charge on any atom is 0.410 e. The zero-order chi connectivity index (χ0) is 21.1. The zero-order valence-electron chi connectivity index (χ0n) is 16.9. The van der Waals surface area contributed by atoms with Crippen LogP contribution in [0.5, 0.6) is 0 Å². The number of aromatic nitrogens is 2. The van der Waals surface area contributed by atoms with Crippen molar-refractivity contribution in [1.82, 2.24) is 14.7 Å². The van der Waals surface area contributed by atoms with Crippen LogP contribution in [0, 0.1) is 0 Å². The Bertz CT molecular complexity index is 933. The molecule has 1 aliphatic heterocycles. The van der Waals surface area contributed by atoms with Crippen LogP contribution in [-0.2, 0) is 22.4 Å². The Morgan fingerprint density at radius 3 is 2.72 bits per heavy atom. The maximum absolute atomic E-state index is 12.7.